The first-order valence-corrected chi connectivity index (χ1v) is 15.2. The highest BCUT2D eigenvalue weighted by Crippen LogP contribution is 2.40. The van der Waals surface area contributed by atoms with Crippen LogP contribution in [0.3, 0.4) is 0 Å². The number of pyridine rings is 1. The number of anilines is 1. The number of thiophene rings is 1. The van der Waals surface area contributed by atoms with Crippen molar-refractivity contribution in [3.63, 3.8) is 0 Å². The number of fused-ring (bicyclic) bond motifs is 2. The van der Waals surface area contributed by atoms with Crippen LogP contribution in [0.25, 0.3) is 44.1 Å². The smallest absolute Gasteiger partial charge is 0.341 e. The number of hydrogen-bond donors (Lipinski definition) is 1. The standard InChI is InChI=1S/C36H30N2O4S/c1-3-19-42-25-14-9-13-24(20-25)32-21-29(28-16-7-8-18-31(28)37-32)34(39)38-35-33(36(40)41-4-2)30(22-43-35)27-17-10-12-23-11-5-6-15-26(23)27/h5-18,20-22H,3-4,19H2,1-2H3,(H,38,39). The molecule has 6 aromatic rings. The van der Waals surface area contributed by atoms with Gasteiger partial charge in [-0.05, 0) is 53.9 Å². The topological polar surface area (TPSA) is 77.5 Å². The molecule has 7 heteroatoms. The fourth-order valence-electron chi connectivity index (χ4n) is 5.16. The molecule has 0 saturated carbocycles. The molecule has 0 aliphatic rings. The maximum Gasteiger partial charge on any atom is 0.341 e. The third-order valence-electron chi connectivity index (χ3n) is 7.14. The number of carbonyl (C=O) groups excluding carboxylic acids is 2. The lowest BCUT2D eigenvalue weighted by molar-refractivity contribution is 0.0529. The second kappa shape index (κ2) is 12.5. The van der Waals surface area contributed by atoms with Gasteiger partial charge in [-0.25, -0.2) is 9.78 Å². The van der Waals surface area contributed by atoms with E-state index < -0.39 is 5.97 Å². The molecule has 2 aromatic heterocycles. The van der Waals surface area contributed by atoms with E-state index in [-0.39, 0.29) is 12.5 Å². The van der Waals surface area contributed by atoms with Gasteiger partial charge in [-0.3, -0.25) is 4.79 Å². The molecule has 0 radical (unpaired) electrons. The van der Waals surface area contributed by atoms with Crippen LogP contribution in [-0.4, -0.2) is 30.1 Å². The average Bonchev–Trinajstić information content (AvgIpc) is 3.46. The summed E-state index contributed by atoms with van der Waals surface area (Å²) in [4.78, 5) is 32.2. The fraction of sp³-hybridized carbons (Fsp3) is 0.139. The molecule has 0 aliphatic carbocycles. The molecule has 0 saturated heterocycles. The van der Waals surface area contributed by atoms with Gasteiger partial charge in [-0.2, -0.15) is 0 Å². The van der Waals surface area contributed by atoms with Crippen LogP contribution in [0.1, 0.15) is 41.0 Å². The normalized spacial score (nSPS) is 11.0. The van der Waals surface area contributed by atoms with Gasteiger partial charge in [0.25, 0.3) is 5.91 Å². The van der Waals surface area contributed by atoms with Crippen LogP contribution in [0.4, 0.5) is 5.00 Å². The summed E-state index contributed by atoms with van der Waals surface area (Å²) in [7, 11) is 0. The number of para-hydroxylation sites is 1. The Labute approximate surface area is 253 Å². The Morgan fingerprint density at radius 3 is 2.44 bits per heavy atom. The molecule has 2 heterocycles. The van der Waals surface area contributed by atoms with Crippen molar-refractivity contribution in [2.45, 2.75) is 20.3 Å². The Kier molecular flexibility index (Phi) is 8.16. The van der Waals surface area contributed by atoms with Gasteiger partial charge in [0.05, 0.1) is 30.0 Å². The van der Waals surface area contributed by atoms with Crippen molar-refractivity contribution in [2.24, 2.45) is 0 Å². The Morgan fingerprint density at radius 2 is 1.60 bits per heavy atom. The summed E-state index contributed by atoms with van der Waals surface area (Å²) in [6.45, 7) is 4.67. The molecule has 0 bridgehead atoms. The van der Waals surface area contributed by atoms with E-state index in [4.69, 9.17) is 14.5 Å². The number of nitrogens with one attached hydrogen (secondary N) is 1. The van der Waals surface area contributed by atoms with E-state index in [1.54, 1.807) is 13.0 Å². The van der Waals surface area contributed by atoms with Crippen LogP contribution in [0.15, 0.2) is 102 Å². The summed E-state index contributed by atoms with van der Waals surface area (Å²) in [5, 5.41) is 8.17. The Morgan fingerprint density at radius 1 is 0.837 bits per heavy atom. The van der Waals surface area contributed by atoms with Gasteiger partial charge in [0.15, 0.2) is 0 Å². The number of benzene rings is 4. The van der Waals surface area contributed by atoms with Crippen molar-refractivity contribution in [1.82, 2.24) is 4.98 Å². The van der Waals surface area contributed by atoms with Crippen LogP contribution in [0.5, 0.6) is 5.75 Å². The minimum atomic E-state index is -0.480. The molecule has 0 fully saturated rings. The minimum Gasteiger partial charge on any atom is -0.494 e. The molecular formula is C36H30N2O4S. The van der Waals surface area contributed by atoms with Crippen LogP contribution in [0, 0.1) is 0 Å². The van der Waals surface area contributed by atoms with E-state index in [2.05, 4.69) is 12.2 Å². The lowest BCUT2D eigenvalue weighted by atomic mass is 9.97. The lowest BCUT2D eigenvalue weighted by Gasteiger charge is -2.13. The molecular weight excluding hydrogens is 556 g/mol. The van der Waals surface area contributed by atoms with Crippen molar-refractivity contribution >= 4 is 49.9 Å². The van der Waals surface area contributed by atoms with Gasteiger partial charge >= 0.3 is 5.97 Å². The van der Waals surface area contributed by atoms with Gasteiger partial charge in [0.1, 0.15) is 16.3 Å². The largest absolute Gasteiger partial charge is 0.494 e. The number of ether oxygens (including phenoxy) is 2. The third-order valence-corrected chi connectivity index (χ3v) is 8.04. The molecule has 43 heavy (non-hydrogen) atoms. The van der Waals surface area contributed by atoms with Crippen LogP contribution >= 0.6 is 11.3 Å². The number of hydrogen-bond acceptors (Lipinski definition) is 6. The number of carbonyl (C=O) groups is 2. The SMILES string of the molecule is CCCOc1cccc(-c2cc(C(=O)Nc3scc(-c4cccc5ccccc45)c3C(=O)OCC)c3ccccc3n2)c1. The van der Waals surface area contributed by atoms with Crippen molar-refractivity contribution in [3.8, 4) is 28.1 Å². The molecule has 214 valence electrons. The zero-order valence-electron chi connectivity index (χ0n) is 23.9. The second-order valence-corrected chi connectivity index (χ2v) is 10.9. The number of amides is 1. The van der Waals surface area contributed by atoms with Gasteiger partial charge in [0, 0.05) is 21.9 Å². The summed E-state index contributed by atoms with van der Waals surface area (Å²) in [5.74, 6) is -0.0693. The molecule has 0 aliphatic heterocycles. The predicted molar refractivity (Wildman–Crippen MR) is 174 cm³/mol. The highest BCUT2D eigenvalue weighted by Gasteiger charge is 2.25. The summed E-state index contributed by atoms with van der Waals surface area (Å²) >= 11 is 1.31. The van der Waals surface area contributed by atoms with E-state index in [0.29, 0.717) is 39.3 Å². The van der Waals surface area contributed by atoms with E-state index in [1.165, 1.54) is 11.3 Å². The fourth-order valence-corrected chi connectivity index (χ4v) is 6.10. The molecule has 4 aromatic carbocycles. The third kappa shape index (κ3) is 5.72. The minimum absolute atomic E-state index is 0.219. The number of rotatable bonds is 9. The highest BCUT2D eigenvalue weighted by atomic mass is 32.1. The average molecular weight is 587 g/mol. The number of aromatic nitrogens is 1. The Balaban J connectivity index is 1.42. The quantitative estimate of drug-likeness (QED) is 0.171. The lowest BCUT2D eigenvalue weighted by Crippen LogP contribution is -2.15. The second-order valence-electron chi connectivity index (χ2n) is 10.0. The maximum absolute atomic E-state index is 14.0. The van der Waals surface area contributed by atoms with Crippen LogP contribution in [-0.2, 0) is 4.74 Å². The Hall–Kier alpha value is -5.01. The van der Waals surface area contributed by atoms with Crippen molar-refractivity contribution in [2.75, 3.05) is 18.5 Å². The molecule has 0 spiro atoms. The van der Waals surface area contributed by atoms with Gasteiger partial charge in [0.2, 0.25) is 0 Å². The summed E-state index contributed by atoms with van der Waals surface area (Å²) in [5.41, 5.74) is 4.61. The summed E-state index contributed by atoms with van der Waals surface area (Å²) in [6.07, 6.45) is 0.904. The first kappa shape index (κ1) is 28.1. The first-order chi connectivity index (χ1) is 21.1. The summed E-state index contributed by atoms with van der Waals surface area (Å²) in [6, 6.07) is 31.1. The molecule has 0 unspecified atom stereocenters. The molecule has 0 atom stereocenters. The highest BCUT2D eigenvalue weighted by molar-refractivity contribution is 7.15. The first-order valence-electron chi connectivity index (χ1n) is 14.3. The van der Waals surface area contributed by atoms with Gasteiger partial charge in [-0.1, -0.05) is 79.7 Å². The predicted octanol–water partition coefficient (Wildman–Crippen LogP) is 9.00. The van der Waals surface area contributed by atoms with Crippen molar-refractivity contribution in [3.05, 3.63) is 114 Å². The molecule has 6 rings (SSSR count). The van der Waals surface area contributed by atoms with Crippen LogP contribution in [0.2, 0.25) is 0 Å². The maximum atomic E-state index is 14.0. The van der Waals surface area contributed by atoms with E-state index in [0.717, 1.165) is 39.6 Å². The molecule has 1 amide bonds. The zero-order valence-corrected chi connectivity index (χ0v) is 24.7. The van der Waals surface area contributed by atoms with E-state index in [1.807, 2.05) is 96.4 Å². The van der Waals surface area contributed by atoms with Crippen molar-refractivity contribution in [1.29, 1.82) is 0 Å². The van der Waals surface area contributed by atoms with Crippen molar-refractivity contribution < 1.29 is 19.1 Å². The number of nitrogens with zero attached hydrogens (tertiary/aromatic N) is 1. The zero-order chi connectivity index (χ0) is 29.8. The van der Waals surface area contributed by atoms with E-state index >= 15 is 0 Å². The van der Waals surface area contributed by atoms with Crippen LogP contribution < -0.4 is 10.1 Å². The molecule has 6 nitrogen and oxygen atoms in total. The van der Waals surface area contributed by atoms with Gasteiger partial charge in [-0.15, -0.1) is 11.3 Å². The van der Waals surface area contributed by atoms with E-state index in [9.17, 15) is 9.59 Å². The summed E-state index contributed by atoms with van der Waals surface area (Å²) < 4.78 is 11.3. The number of esters is 1. The monoisotopic (exact) mass is 586 g/mol. The molecule has 1 N–H and O–H groups in total. The Bertz CT molecular complexity index is 1960. The van der Waals surface area contributed by atoms with Gasteiger partial charge < -0.3 is 14.8 Å².